The second kappa shape index (κ2) is 12.5. The number of hydrogen-bond donors (Lipinski definition) is 2. The number of aliphatic hydroxyl groups is 1. The number of ether oxygens (including phenoxy) is 2. The van der Waals surface area contributed by atoms with Crippen molar-refractivity contribution >= 4 is 31.6 Å². The number of para-hydroxylation sites is 1. The Hall–Kier alpha value is -3.66. The maximum Gasteiger partial charge on any atom is 0.262 e. The molecule has 1 aromatic heterocycles. The predicted octanol–water partition coefficient (Wildman–Crippen LogP) is 2.64. The molecule has 13 nitrogen and oxygen atoms in total. The van der Waals surface area contributed by atoms with Crippen LogP contribution in [0.4, 0.5) is 5.69 Å². The number of carbonyl (C=O) groups excluding carboxylic acids is 1. The first-order valence-electron chi connectivity index (χ1n) is 13.5. The molecule has 4 rings (SSSR count). The van der Waals surface area contributed by atoms with Crippen molar-refractivity contribution in [3.8, 4) is 11.5 Å². The Balaban J connectivity index is 1.77. The first kappa shape index (κ1) is 32.3. The van der Waals surface area contributed by atoms with E-state index in [2.05, 4.69) is 9.88 Å². The van der Waals surface area contributed by atoms with Crippen LogP contribution in [0.2, 0.25) is 0 Å². The van der Waals surface area contributed by atoms with E-state index in [4.69, 9.17) is 14.0 Å². The van der Waals surface area contributed by atoms with Crippen molar-refractivity contribution in [1.82, 2.24) is 14.4 Å². The molecule has 0 unspecified atom stereocenters. The highest BCUT2D eigenvalue weighted by Gasteiger charge is 2.37. The standard InChI is InChI=1S/C28H36N4O9S2/c1-17-14-32(18(2)16-33)28(34)23-8-7-9-24(30-42(35,36)22-12-10-21(39-6)11-13-22)26(23)40-25(17)15-31(5)43(37,38)27-19(3)29-41-20(27)4/h7-13,17-18,25,30,33H,14-16H2,1-6H3/t17-,18+,25-/m1/s1. The molecule has 0 radical (unpaired) electrons. The van der Waals surface area contributed by atoms with E-state index in [1.54, 1.807) is 13.8 Å². The van der Waals surface area contributed by atoms with Gasteiger partial charge in [-0.05, 0) is 57.2 Å². The summed E-state index contributed by atoms with van der Waals surface area (Å²) in [5.74, 6) is -0.350. The van der Waals surface area contributed by atoms with E-state index in [0.717, 1.165) is 4.31 Å². The van der Waals surface area contributed by atoms with E-state index in [9.17, 15) is 26.7 Å². The van der Waals surface area contributed by atoms with Gasteiger partial charge in [0.05, 0.1) is 42.4 Å². The molecule has 1 amide bonds. The van der Waals surface area contributed by atoms with Gasteiger partial charge < -0.3 is 24.0 Å². The first-order chi connectivity index (χ1) is 20.2. The second-order valence-corrected chi connectivity index (χ2v) is 14.2. The van der Waals surface area contributed by atoms with Gasteiger partial charge in [-0.1, -0.05) is 18.1 Å². The second-order valence-electron chi connectivity index (χ2n) is 10.5. The highest BCUT2D eigenvalue weighted by molar-refractivity contribution is 7.92. The van der Waals surface area contributed by atoms with Gasteiger partial charge in [0.1, 0.15) is 22.4 Å². The zero-order valence-corrected chi connectivity index (χ0v) is 26.4. The number of likely N-dealkylation sites (N-methyl/N-ethyl adjacent to an activating group) is 1. The lowest BCUT2D eigenvalue weighted by Crippen LogP contribution is -2.50. The number of nitrogens with one attached hydrogen (secondary N) is 1. The van der Waals surface area contributed by atoms with Crippen molar-refractivity contribution in [2.45, 2.75) is 49.6 Å². The number of anilines is 1. The monoisotopic (exact) mass is 636 g/mol. The molecule has 2 heterocycles. The molecular weight excluding hydrogens is 600 g/mol. The Labute approximate surface area is 251 Å². The van der Waals surface area contributed by atoms with Crippen LogP contribution in [-0.2, 0) is 20.0 Å². The van der Waals surface area contributed by atoms with Crippen LogP contribution in [0.25, 0.3) is 0 Å². The molecule has 0 saturated carbocycles. The van der Waals surface area contributed by atoms with E-state index >= 15 is 0 Å². The first-order valence-corrected chi connectivity index (χ1v) is 16.4. The number of nitrogens with zero attached hydrogens (tertiary/aromatic N) is 3. The maximum atomic E-state index is 13.7. The van der Waals surface area contributed by atoms with E-state index < -0.39 is 44.0 Å². The highest BCUT2D eigenvalue weighted by atomic mass is 32.2. The lowest BCUT2D eigenvalue weighted by Gasteiger charge is -2.38. The molecule has 0 saturated heterocycles. The fraction of sp³-hybridized carbons (Fsp3) is 0.429. The molecule has 0 spiro atoms. The smallest absolute Gasteiger partial charge is 0.262 e. The van der Waals surface area contributed by atoms with E-state index in [1.165, 1.54) is 75.4 Å². The number of hydrogen-bond acceptors (Lipinski definition) is 10. The molecule has 234 valence electrons. The van der Waals surface area contributed by atoms with Crippen LogP contribution in [0.5, 0.6) is 11.5 Å². The number of carbonyl (C=O) groups is 1. The van der Waals surface area contributed by atoms with Gasteiger partial charge in [0.15, 0.2) is 11.5 Å². The quantitative estimate of drug-likeness (QED) is 0.337. The molecule has 2 N–H and O–H groups in total. The Kier molecular flexibility index (Phi) is 9.39. The summed E-state index contributed by atoms with van der Waals surface area (Å²) in [5, 5.41) is 13.7. The zero-order chi connectivity index (χ0) is 31.7. The van der Waals surface area contributed by atoms with Crippen LogP contribution in [0.15, 0.2) is 56.8 Å². The normalized spacial score (nSPS) is 18.4. The van der Waals surface area contributed by atoms with Crippen molar-refractivity contribution in [3.05, 3.63) is 59.5 Å². The molecule has 0 aliphatic carbocycles. The molecule has 0 fully saturated rings. The van der Waals surface area contributed by atoms with E-state index in [-0.39, 0.29) is 57.9 Å². The lowest BCUT2D eigenvalue weighted by atomic mass is 9.99. The van der Waals surface area contributed by atoms with Crippen LogP contribution < -0.4 is 14.2 Å². The van der Waals surface area contributed by atoms with Crippen molar-refractivity contribution in [3.63, 3.8) is 0 Å². The molecule has 3 aromatic rings. The van der Waals surface area contributed by atoms with Crippen LogP contribution in [0.1, 0.15) is 35.7 Å². The number of aromatic nitrogens is 1. The summed E-state index contributed by atoms with van der Waals surface area (Å²) in [6.45, 7) is 6.19. The summed E-state index contributed by atoms with van der Waals surface area (Å²) in [4.78, 5) is 15.1. The van der Waals surface area contributed by atoms with Gasteiger partial charge >= 0.3 is 0 Å². The fourth-order valence-electron chi connectivity index (χ4n) is 4.85. The maximum absolute atomic E-state index is 13.7. The molecule has 15 heteroatoms. The Morgan fingerprint density at radius 2 is 1.84 bits per heavy atom. The summed E-state index contributed by atoms with van der Waals surface area (Å²) < 4.78 is 73.9. The third kappa shape index (κ3) is 6.49. The van der Waals surface area contributed by atoms with Crippen molar-refractivity contribution in [2.75, 3.05) is 38.6 Å². The number of sulfonamides is 2. The Morgan fingerprint density at radius 1 is 1.16 bits per heavy atom. The number of aryl methyl sites for hydroxylation is 2. The SMILES string of the molecule is COc1ccc(S(=O)(=O)Nc2cccc3c2O[C@H](CN(C)S(=O)(=O)c2c(C)noc2C)[C@H](C)CN([C@@H](C)CO)C3=O)cc1. The molecule has 43 heavy (non-hydrogen) atoms. The number of rotatable bonds is 10. The van der Waals surface area contributed by atoms with Gasteiger partial charge in [0.2, 0.25) is 10.0 Å². The number of methoxy groups -OCH3 is 1. The van der Waals surface area contributed by atoms with Crippen LogP contribution in [0, 0.1) is 19.8 Å². The van der Waals surface area contributed by atoms with Gasteiger partial charge in [-0.3, -0.25) is 9.52 Å². The molecule has 2 aromatic carbocycles. The number of fused-ring (bicyclic) bond motifs is 1. The van der Waals surface area contributed by atoms with Crippen molar-refractivity contribution in [2.24, 2.45) is 5.92 Å². The van der Waals surface area contributed by atoms with Gasteiger partial charge in [-0.15, -0.1) is 0 Å². The van der Waals surface area contributed by atoms with Crippen LogP contribution in [0.3, 0.4) is 0 Å². The molecule has 1 aliphatic heterocycles. The van der Waals surface area contributed by atoms with Crippen LogP contribution in [-0.4, -0.2) is 88.2 Å². The Bertz CT molecular complexity index is 1670. The van der Waals surface area contributed by atoms with Gasteiger partial charge in [-0.2, -0.15) is 4.31 Å². The number of benzene rings is 2. The van der Waals surface area contributed by atoms with Gasteiger partial charge in [0.25, 0.3) is 15.9 Å². The van der Waals surface area contributed by atoms with E-state index in [0.29, 0.717) is 5.75 Å². The highest BCUT2D eigenvalue weighted by Crippen LogP contribution is 2.36. The third-order valence-corrected chi connectivity index (χ3v) is 10.8. The summed E-state index contributed by atoms with van der Waals surface area (Å²) in [5.41, 5.74) is 0.266. The minimum absolute atomic E-state index is 0.00592. The molecule has 1 aliphatic rings. The molecule has 0 bridgehead atoms. The average Bonchev–Trinajstić information content (AvgIpc) is 3.32. The molecule has 3 atom stereocenters. The summed E-state index contributed by atoms with van der Waals surface area (Å²) in [7, 11) is -5.32. The fourth-order valence-corrected chi connectivity index (χ4v) is 7.38. The van der Waals surface area contributed by atoms with Crippen LogP contribution >= 0.6 is 0 Å². The summed E-state index contributed by atoms with van der Waals surface area (Å²) in [6.07, 6.45) is -0.841. The average molecular weight is 637 g/mol. The largest absolute Gasteiger partial charge is 0.497 e. The van der Waals surface area contributed by atoms with Gasteiger partial charge in [0, 0.05) is 19.5 Å². The number of aliphatic hydroxyl groups excluding tert-OH is 1. The lowest BCUT2D eigenvalue weighted by molar-refractivity contribution is 0.0389. The zero-order valence-electron chi connectivity index (χ0n) is 24.8. The summed E-state index contributed by atoms with van der Waals surface area (Å²) >= 11 is 0. The minimum atomic E-state index is -4.14. The third-order valence-electron chi connectivity index (χ3n) is 7.38. The van der Waals surface area contributed by atoms with Crippen molar-refractivity contribution < 1.29 is 40.7 Å². The summed E-state index contributed by atoms with van der Waals surface area (Å²) in [6, 6.07) is 9.66. The Morgan fingerprint density at radius 3 is 2.42 bits per heavy atom. The topological polar surface area (TPSA) is 169 Å². The van der Waals surface area contributed by atoms with Gasteiger partial charge in [-0.25, -0.2) is 16.8 Å². The van der Waals surface area contributed by atoms with E-state index in [1.807, 2.05) is 0 Å². The molecular formula is C28H36N4O9S2. The minimum Gasteiger partial charge on any atom is -0.497 e. The predicted molar refractivity (Wildman–Crippen MR) is 157 cm³/mol. The van der Waals surface area contributed by atoms with Crippen molar-refractivity contribution in [1.29, 1.82) is 0 Å². The number of amides is 1.